The van der Waals surface area contributed by atoms with E-state index in [4.69, 9.17) is 0 Å². The maximum atomic E-state index is 11.3. The van der Waals surface area contributed by atoms with Crippen LogP contribution in [0.5, 0.6) is 0 Å². The fourth-order valence-corrected chi connectivity index (χ4v) is 2.02. The van der Waals surface area contributed by atoms with E-state index in [1.807, 2.05) is 26.8 Å². The minimum Gasteiger partial charge on any atom is -0.258 e. The molecule has 0 aliphatic carbocycles. The van der Waals surface area contributed by atoms with Gasteiger partial charge in [-0.15, -0.1) is 5.10 Å². The number of rotatable bonds is 3. The minimum atomic E-state index is -0.340. The first-order valence-electron chi connectivity index (χ1n) is 5.96. The molecule has 0 aliphatic rings. The molecule has 0 spiro atoms. The second-order valence-corrected chi connectivity index (χ2v) is 4.58. The number of aryl methyl sites for hydroxylation is 1. The predicted octanol–water partition coefficient (Wildman–Crippen LogP) is 2.93. The summed E-state index contributed by atoms with van der Waals surface area (Å²) in [5.74, 6) is 0. The highest BCUT2D eigenvalue weighted by Crippen LogP contribution is 2.32. The van der Waals surface area contributed by atoms with E-state index in [0.29, 0.717) is 16.6 Å². The molecule has 1 atom stereocenters. The molecular formula is C12H16N4O2. The summed E-state index contributed by atoms with van der Waals surface area (Å²) < 4.78 is 1.65. The van der Waals surface area contributed by atoms with E-state index in [9.17, 15) is 10.1 Å². The lowest BCUT2D eigenvalue weighted by Crippen LogP contribution is -2.08. The van der Waals surface area contributed by atoms with E-state index in [-0.39, 0.29) is 16.7 Å². The molecule has 0 radical (unpaired) electrons. The lowest BCUT2D eigenvalue weighted by atomic mass is 10.1. The highest BCUT2D eigenvalue weighted by molar-refractivity contribution is 5.87. The van der Waals surface area contributed by atoms with Crippen LogP contribution < -0.4 is 0 Å². The van der Waals surface area contributed by atoms with Crippen molar-refractivity contribution in [2.45, 2.75) is 40.2 Å². The summed E-state index contributed by atoms with van der Waals surface area (Å²) in [6.45, 7) is 7.61. The highest BCUT2D eigenvalue weighted by Gasteiger charge is 2.24. The Morgan fingerprint density at radius 1 is 1.50 bits per heavy atom. The Bertz CT molecular complexity index is 618. The van der Waals surface area contributed by atoms with E-state index in [2.05, 4.69) is 10.3 Å². The van der Waals surface area contributed by atoms with Crippen LogP contribution in [0, 0.1) is 24.0 Å². The van der Waals surface area contributed by atoms with Crippen LogP contribution in [-0.4, -0.2) is 19.9 Å². The van der Waals surface area contributed by atoms with Crippen molar-refractivity contribution < 1.29 is 4.92 Å². The van der Waals surface area contributed by atoms with Crippen molar-refractivity contribution in [2.75, 3.05) is 0 Å². The average Bonchev–Trinajstić information content (AvgIpc) is 2.72. The van der Waals surface area contributed by atoms with Gasteiger partial charge in [-0.1, -0.05) is 12.1 Å². The van der Waals surface area contributed by atoms with Crippen LogP contribution in [0.3, 0.4) is 0 Å². The van der Waals surface area contributed by atoms with Crippen molar-refractivity contribution in [3.05, 3.63) is 27.3 Å². The third-order valence-electron chi connectivity index (χ3n) is 3.44. The molecule has 0 fully saturated rings. The first-order chi connectivity index (χ1) is 8.47. The van der Waals surface area contributed by atoms with Gasteiger partial charge >= 0.3 is 0 Å². The maximum Gasteiger partial charge on any atom is 0.299 e. The van der Waals surface area contributed by atoms with Crippen LogP contribution in [0.2, 0.25) is 0 Å². The summed E-state index contributed by atoms with van der Waals surface area (Å²) in [5.41, 5.74) is 2.78. The van der Waals surface area contributed by atoms with Crippen LogP contribution in [-0.2, 0) is 0 Å². The maximum absolute atomic E-state index is 11.3. The van der Waals surface area contributed by atoms with Crippen LogP contribution in [0.25, 0.3) is 11.0 Å². The fraction of sp³-hybridized carbons (Fsp3) is 0.500. The highest BCUT2D eigenvalue weighted by atomic mass is 16.6. The molecule has 1 heterocycles. The molecule has 0 saturated carbocycles. The van der Waals surface area contributed by atoms with E-state index < -0.39 is 0 Å². The first-order valence-corrected chi connectivity index (χ1v) is 5.96. The monoisotopic (exact) mass is 248 g/mol. The van der Waals surface area contributed by atoms with Crippen molar-refractivity contribution in [3.8, 4) is 0 Å². The van der Waals surface area contributed by atoms with Gasteiger partial charge in [0.05, 0.1) is 11.0 Å². The molecule has 18 heavy (non-hydrogen) atoms. The van der Waals surface area contributed by atoms with Gasteiger partial charge in [-0.3, -0.25) is 10.1 Å². The van der Waals surface area contributed by atoms with Gasteiger partial charge in [-0.25, -0.2) is 4.68 Å². The summed E-state index contributed by atoms with van der Waals surface area (Å²) in [4.78, 5) is 10.9. The van der Waals surface area contributed by atoms with Crippen molar-refractivity contribution in [2.24, 2.45) is 0 Å². The van der Waals surface area contributed by atoms with Gasteiger partial charge in [0.15, 0.2) is 5.52 Å². The number of benzene rings is 1. The molecule has 6 nitrogen and oxygen atoms in total. The van der Waals surface area contributed by atoms with Gasteiger partial charge in [-0.05, 0) is 38.8 Å². The number of hydrogen-bond donors (Lipinski definition) is 0. The molecule has 0 amide bonds. The Morgan fingerprint density at radius 3 is 2.72 bits per heavy atom. The van der Waals surface area contributed by atoms with Crippen LogP contribution in [0.1, 0.15) is 37.4 Å². The van der Waals surface area contributed by atoms with Crippen molar-refractivity contribution in [3.63, 3.8) is 0 Å². The Hall–Kier alpha value is -1.98. The quantitative estimate of drug-likeness (QED) is 0.618. The number of nitro groups is 1. The Kier molecular flexibility index (Phi) is 3.02. The Balaban J connectivity index is 2.86. The second-order valence-electron chi connectivity index (χ2n) is 4.58. The van der Waals surface area contributed by atoms with Crippen molar-refractivity contribution in [1.29, 1.82) is 0 Å². The molecule has 0 aliphatic heterocycles. The van der Waals surface area contributed by atoms with Gasteiger partial charge in [0, 0.05) is 5.56 Å². The standard InChI is InChI=1S/C12H16N4O2/c1-5-8(3)15-12-10(13-14-15)6-7(2)9(4)11(12)16(17)18/h6,8H,5H2,1-4H3. The van der Waals surface area contributed by atoms with Crippen LogP contribution in [0.4, 0.5) is 5.69 Å². The molecule has 0 bridgehead atoms. The molecule has 96 valence electrons. The third kappa shape index (κ3) is 1.73. The lowest BCUT2D eigenvalue weighted by molar-refractivity contribution is -0.383. The molecule has 1 unspecified atom stereocenters. The first kappa shape index (κ1) is 12.5. The van der Waals surface area contributed by atoms with Gasteiger partial charge in [0.25, 0.3) is 5.69 Å². The van der Waals surface area contributed by atoms with E-state index >= 15 is 0 Å². The topological polar surface area (TPSA) is 73.8 Å². The summed E-state index contributed by atoms with van der Waals surface area (Å²) in [6.07, 6.45) is 0.850. The molecule has 0 saturated heterocycles. The molecule has 2 rings (SSSR count). The second kappa shape index (κ2) is 4.36. The number of aromatic nitrogens is 3. The summed E-state index contributed by atoms with van der Waals surface area (Å²) in [6, 6.07) is 1.94. The zero-order valence-electron chi connectivity index (χ0n) is 11.0. The van der Waals surface area contributed by atoms with Crippen LogP contribution >= 0.6 is 0 Å². The van der Waals surface area contributed by atoms with E-state index in [1.54, 1.807) is 11.6 Å². The zero-order chi connectivity index (χ0) is 13.4. The number of fused-ring (bicyclic) bond motifs is 1. The SMILES string of the molecule is CCC(C)n1nnc2cc(C)c(C)c([N+](=O)[O-])c21. The lowest BCUT2D eigenvalue weighted by Gasteiger charge is -2.10. The number of hydrogen-bond acceptors (Lipinski definition) is 4. The number of nitrogens with zero attached hydrogens (tertiary/aromatic N) is 4. The Morgan fingerprint density at radius 2 is 2.17 bits per heavy atom. The fourth-order valence-electron chi connectivity index (χ4n) is 2.02. The molecular weight excluding hydrogens is 232 g/mol. The Labute approximate surface area is 105 Å². The predicted molar refractivity (Wildman–Crippen MR) is 68.7 cm³/mol. The van der Waals surface area contributed by atoms with Gasteiger partial charge in [-0.2, -0.15) is 0 Å². The van der Waals surface area contributed by atoms with E-state index in [0.717, 1.165) is 12.0 Å². The van der Waals surface area contributed by atoms with Gasteiger partial charge in [0.1, 0.15) is 5.52 Å². The zero-order valence-corrected chi connectivity index (χ0v) is 11.0. The third-order valence-corrected chi connectivity index (χ3v) is 3.44. The molecule has 1 aromatic heterocycles. The largest absolute Gasteiger partial charge is 0.299 e. The van der Waals surface area contributed by atoms with Gasteiger partial charge < -0.3 is 0 Å². The minimum absolute atomic E-state index is 0.0933. The smallest absolute Gasteiger partial charge is 0.258 e. The molecule has 2 aromatic rings. The summed E-state index contributed by atoms with van der Waals surface area (Å²) >= 11 is 0. The molecule has 6 heteroatoms. The van der Waals surface area contributed by atoms with Crippen LogP contribution in [0.15, 0.2) is 6.07 Å². The molecule has 1 aromatic carbocycles. The summed E-state index contributed by atoms with van der Waals surface area (Å²) in [5, 5.41) is 19.4. The normalized spacial score (nSPS) is 12.9. The number of nitro benzene ring substituents is 1. The summed E-state index contributed by atoms with van der Waals surface area (Å²) in [7, 11) is 0. The molecule has 0 N–H and O–H groups in total. The average molecular weight is 248 g/mol. The van der Waals surface area contributed by atoms with Gasteiger partial charge in [0.2, 0.25) is 0 Å². The van der Waals surface area contributed by atoms with E-state index in [1.165, 1.54) is 0 Å². The van der Waals surface area contributed by atoms with Crippen molar-refractivity contribution >= 4 is 16.7 Å². The van der Waals surface area contributed by atoms with Crippen molar-refractivity contribution in [1.82, 2.24) is 15.0 Å².